The monoisotopic (exact) mass is 531 g/mol. The van der Waals surface area contributed by atoms with Gasteiger partial charge >= 0.3 is 6.09 Å². The molecule has 4 rings (SSSR count). The molecule has 1 amide bonds. The van der Waals surface area contributed by atoms with E-state index in [9.17, 15) is 4.79 Å². The SMILES string of the molecule is COc1ccc(NC(=O)OCc2ccccc2)cc1-c1cncc(-c2ncnn2COCC[Si](C)(C)C)c1. The van der Waals surface area contributed by atoms with Crippen LogP contribution in [0.3, 0.4) is 0 Å². The van der Waals surface area contributed by atoms with Gasteiger partial charge in [-0.3, -0.25) is 10.3 Å². The number of benzene rings is 2. The van der Waals surface area contributed by atoms with Gasteiger partial charge in [0.15, 0.2) is 5.82 Å². The number of nitrogens with one attached hydrogen (secondary N) is 1. The molecule has 0 aliphatic heterocycles. The summed E-state index contributed by atoms with van der Waals surface area (Å²) >= 11 is 0. The summed E-state index contributed by atoms with van der Waals surface area (Å²) in [4.78, 5) is 21.3. The summed E-state index contributed by atoms with van der Waals surface area (Å²) < 4.78 is 18.5. The Balaban J connectivity index is 1.49. The summed E-state index contributed by atoms with van der Waals surface area (Å²) in [7, 11) is 0.430. The van der Waals surface area contributed by atoms with Crippen molar-refractivity contribution < 1.29 is 19.0 Å². The van der Waals surface area contributed by atoms with Gasteiger partial charge in [0.05, 0.1) is 7.11 Å². The number of pyridine rings is 1. The van der Waals surface area contributed by atoms with Crippen molar-refractivity contribution in [3.63, 3.8) is 0 Å². The van der Waals surface area contributed by atoms with Crippen LogP contribution in [0.15, 0.2) is 73.3 Å². The normalized spacial score (nSPS) is 11.3. The van der Waals surface area contributed by atoms with Crippen molar-refractivity contribution in [2.75, 3.05) is 19.0 Å². The number of rotatable bonds is 11. The summed E-state index contributed by atoms with van der Waals surface area (Å²) in [6, 6.07) is 18.0. The maximum absolute atomic E-state index is 12.4. The number of nitrogens with zero attached hydrogens (tertiary/aromatic N) is 4. The highest BCUT2D eigenvalue weighted by atomic mass is 28.3. The number of anilines is 1. The summed E-state index contributed by atoms with van der Waals surface area (Å²) in [6.07, 6.45) is 4.45. The third-order valence-corrected chi connectivity index (χ3v) is 7.50. The number of hydrogen-bond acceptors (Lipinski definition) is 7. The van der Waals surface area contributed by atoms with Crippen LogP contribution in [0.5, 0.6) is 5.75 Å². The van der Waals surface area contributed by atoms with Crippen LogP contribution in [0.25, 0.3) is 22.5 Å². The molecule has 0 atom stereocenters. The maximum Gasteiger partial charge on any atom is 0.411 e. The maximum atomic E-state index is 12.4. The summed E-state index contributed by atoms with van der Waals surface area (Å²) in [6.45, 7) is 8.16. The minimum Gasteiger partial charge on any atom is -0.496 e. The zero-order chi connectivity index (χ0) is 27.0. The van der Waals surface area contributed by atoms with Gasteiger partial charge in [-0.15, -0.1) is 0 Å². The fraction of sp³-hybridized carbons (Fsp3) is 0.286. The van der Waals surface area contributed by atoms with Crippen molar-refractivity contribution in [2.24, 2.45) is 0 Å². The molecule has 0 bridgehead atoms. The second-order valence-corrected chi connectivity index (χ2v) is 15.6. The standard InChI is InChI=1S/C28H33N5O4Si/c1-35-26-11-10-24(32-28(34)37-18-21-8-6-5-7-9-21)15-25(26)22-14-23(17-29-16-22)27-30-19-31-33(27)20-36-12-13-38(2,3)4/h5-11,14-17,19H,12-13,18,20H2,1-4H3,(H,32,34). The highest BCUT2D eigenvalue weighted by Gasteiger charge is 2.15. The Morgan fingerprint density at radius 2 is 1.82 bits per heavy atom. The molecule has 0 aliphatic carbocycles. The lowest BCUT2D eigenvalue weighted by Gasteiger charge is -2.15. The minimum absolute atomic E-state index is 0.185. The Hall–Kier alpha value is -4.02. The summed E-state index contributed by atoms with van der Waals surface area (Å²) in [5.41, 5.74) is 3.84. The van der Waals surface area contributed by atoms with Gasteiger partial charge in [0.25, 0.3) is 0 Å². The Morgan fingerprint density at radius 3 is 2.58 bits per heavy atom. The van der Waals surface area contributed by atoms with E-state index in [0.29, 0.717) is 30.6 Å². The molecule has 9 nitrogen and oxygen atoms in total. The molecular weight excluding hydrogens is 498 g/mol. The highest BCUT2D eigenvalue weighted by molar-refractivity contribution is 6.76. The molecule has 0 fully saturated rings. The molecule has 0 radical (unpaired) electrons. The first kappa shape index (κ1) is 27.0. The first-order chi connectivity index (χ1) is 18.3. The molecule has 2 aromatic heterocycles. The van der Waals surface area contributed by atoms with Crippen LogP contribution in [0.1, 0.15) is 5.56 Å². The molecule has 0 aliphatic rings. The van der Waals surface area contributed by atoms with Gasteiger partial charge in [0.1, 0.15) is 25.4 Å². The Kier molecular flexibility index (Phi) is 8.88. The van der Waals surface area contributed by atoms with Gasteiger partial charge in [-0.2, -0.15) is 5.10 Å². The Labute approximate surface area is 223 Å². The third kappa shape index (κ3) is 7.50. The predicted molar refractivity (Wildman–Crippen MR) is 150 cm³/mol. The predicted octanol–water partition coefficient (Wildman–Crippen LogP) is 6.08. The van der Waals surface area contributed by atoms with E-state index in [1.807, 2.05) is 42.5 Å². The lowest BCUT2D eigenvalue weighted by Crippen LogP contribution is -2.22. The van der Waals surface area contributed by atoms with Crippen LogP contribution in [0.4, 0.5) is 10.5 Å². The molecule has 0 unspecified atom stereocenters. The van der Waals surface area contributed by atoms with Gasteiger partial charge in [0.2, 0.25) is 0 Å². The van der Waals surface area contributed by atoms with E-state index >= 15 is 0 Å². The van der Waals surface area contributed by atoms with Gasteiger partial charge in [-0.1, -0.05) is 50.0 Å². The fourth-order valence-corrected chi connectivity index (χ4v) is 4.47. The van der Waals surface area contributed by atoms with Crippen LogP contribution in [-0.2, 0) is 22.8 Å². The van der Waals surface area contributed by atoms with Crippen LogP contribution < -0.4 is 10.1 Å². The average Bonchev–Trinajstić information content (AvgIpc) is 3.39. The molecule has 2 heterocycles. The summed E-state index contributed by atoms with van der Waals surface area (Å²) in [5, 5.41) is 7.11. The Bertz CT molecular complexity index is 1350. The second kappa shape index (κ2) is 12.5. The summed E-state index contributed by atoms with van der Waals surface area (Å²) in [5.74, 6) is 1.30. The molecular formula is C28H33N5O4Si. The van der Waals surface area contributed by atoms with Crippen molar-refractivity contribution in [3.8, 4) is 28.3 Å². The van der Waals surface area contributed by atoms with Gasteiger partial charge in [0, 0.05) is 49.5 Å². The minimum atomic E-state index is -1.17. The molecule has 38 heavy (non-hydrogen) atoms. The quantitative estimate of drug-likeness (QED) is 0.185. The molecule has 0 spiro atoms. The van der Waals surface area contributed by atoms with Crippen LogP contribution in [-0.4, -0.2) is 47.6 Å². The lowest BCUT2D eigenvalue weighted by molar-refractivity contribution is 0.0796. The molecule has 10 heteroatoms. The lowest BCUT2D eigenvalue weighted by atomic mass is 10.0. The number of carbonyl (C=O) groups excluding carboxylic acids is 1. The molecule has 198 valence electrons. The van der Waals surface area contributed by atoms with E-state index in [1.54, 1.807) is 36.3 Å². The molecule has 0 saturated heterocycles. The van der Waals surface area contributed by atoms with Crippen molar-refractivity contribution in [1.82, 2.24) is 19.7 Å². The van der Waals surface area contributed by atoms with E-state index in [1.165, 1.54) is 6.33 Å². The first-order valence-electron chi connectivity index (χ1n) is 12.4. The highest BCUT2D eigenvalue weighted by Crippen LogP contribution is 2.34. The van der Waals surface area contributed by atoms with Crippen molar-refractivity contribution >= 4 is 19.9 Å². The fourth-order valence-electron chi connectivity index (χ4n) is 3.71. The van der Waals surface area contributed by atoms with E-state index in [0.717, 1.165) is 28.3 Å². The molecule has 2 aromatic carbocycles. The van der Waals surface area contributed by atoms with Crippen LogP contribution in [0, 0.1) is 0 Å². The van der Waals surface area contributed by atoms with Crippen molar-refractivity contribution in [1.29, 1.82) is 0 Å². The number of ether oxygens (including phenoxy) is 3. The zero-order valence-electron chi connectivity index (χ0n) is 22.2. The van der Waals surface area contributed by atoms with Gasteiger partial charge in [-0.25, -0.2) is 14.5 Å². The largest absolute Gasteiger partial charge is 0.496 e. The first-order valence-corrected chi connectivity index (χ1v) is 16.1. The third-order valence-electron chi connectivity index (χ3n) is 5.79. The van der Waals surface area contributed by atoms with E-state index in [-0.39, 0.29) is 6.61 Å². The van der Waals surface area contributed by atoms with E-state index in [4.69, 9.17) is 14.2 Å². The number of aromatic nitrogens is 4. The van der Waals surface area contributed by atoms with Gasteiger partial charge < -0.3 is 14.2 Å². The van der Waals surface area contributed by atoms with Crippen molar-refractivity contribution in [3.05, 3.63) is 78.9 Å². The van der Waals surface area contributed by atoms with E-state index in [2.05, 4.69) is 40.0 Å². The van der Waals surface area contributed by atoms with Crippen LogP contribution >= 0.6 is 0 Å². The molecule has 0 saturated carbocycles. The number of carbonyl (C=O) groups is 1. The number of hydrogen-bond donors (Lipinski definition) is 1. The molecule has 4 aromatic rings. The Morgan fingerprint density at radius 1 is 1.03 bits per heavy atom. The molecule has 1 N–H and O–H groups in total. The number of methoxy groups -OCH3 is 1. The smallest absolute Gasteiger partial charge is 0.411 e. The van der Waals surface area contributed by atoms with Crippen LogP contribution in [0.2, 0.25) is 25.7 Å². The average molecular weight is 532 g/mol. The second-order valence-electron chi connectivity index (χ2n) is 10.00. The zero-order valence-corrected chi connectivity index (χ0v) is 23.2. The van der Waals surface area contributed by atoms with Gasteiger partial charge in [-0.05, 0) is 35.9 Å². The van der Waals surface area contributed by atoms with E-state index < -0.39 is 14.2 Å². The topological polar surface area (TPSA) is 100 Å². The number of amides is 1. The van der Waals surface area contributed by atoms with Crippen molar-refractivity contribution in [2.45, 2.75) is 39.0 Å².